The molecule has 25 heavy (non-hydrogen) atoms. The van der Waals surface area contributed by atoms with Crippen LogP contribution in [0.25, 0.3) is 6.08 Å². The molecule has 0 amide bonds. The molecule has 5 nitrogen and oxygen atoms in total. The molecule has 0 saturated carbocycles. The highest BCUT2D eigenvalue weighted by molar-refractivity contribution is 5.87. The summed E-state index contributed by atoms with van der Waals surface area (Å²) < 4.78 is 42.3. The Balaban J connectivity index is 1.92. The topological polar surface area (TPSA) is 69.4 Å². The number of nitrogens with zero attached hydrogens (tertiary/aromatic N) is 1. The third kappa shape index (κ3) is 5.45. The second kappa shape index (κ2) is 7.61. The van der Waals surface area contributed by atoms with Gasteiger partial charge in [-0.1, -0.05) is 24.3 Å². The van der Waals surface area contributed by atoms with E-state index in [4.69, 9.17) is 4.74 Å². The lowest BCUT2D eigenvalue weighted by molar-refractivity contribution is -0.384. The molecule has 8 heteroatoms. The number of nitro groups is 1. The molecule has 2 aromatic rings. The summed E-state index contributed by atoms with van der Waals surface area (Å²) in [5.41, 5.74) is -0.0440. The van der Waals surface area contributed by atoms with Crippen molar-refractivity contribution in [3.8, 4) is 0 Å². The maximum atomic E-state index is 12.4. The number of non-ortho nitro benzene ring substituents is 1. The lowest BCUT2D eigenvalue weighted by atomic mass is 10.1. The third-order valence-corrected chi connectivity index (χ3v) is 3.15. The first-order valence-corrected chi connectivity index (χ1v) is 7.01. The van der Waals surface area contributed by atoms with E-state index in [0.717, 1.165) is 18.2 Å². The van der Waals surface area contributed by atoms with Crippen LogP contribution in [0.15, 0.2) is 54.6 Å². The Morgan fingerprint density at radius 1 is 1.16 bits per heavy atom. The van der Waals surface area contributed by atoms with Crippen molar-refractivity contribution >= 4 is 17.7 Å². The van der Waals surface area contributed by atoms with E-state index in [1.807, 2.05) is 0 Å². The van der Waals surface area contributed by atoms with E-state index in [0.29, 0.717) is 11.1 Å². The number of nitro benzene ring substituents is 1. The Morgan fingerprint density at radius 3 is 2.44 bits per heavy atom. The molecule has 0 atom stereocenters. The Kier molecular flexibility index (Phi) is 5.53. The number of rotatable bonds is 5. The minimum Gasteiger partial charge on any atom is -0.458 e. The van der Waals surface area contributed by atoms with E-state index < -0.39 is 22.6 Å². The van der Waals surface area contributed by atoms with Crippen LogP contribution >= 0.6 is 0 Å². The first-order chi connectivity index (χ1) is 11.8. The molecule has 2 rings (SSSR count). The molecule has 0 spiro atoms. The molecule has 0 aliphatic heterocycles. The summed E-state index contributed by atoms with van der Waals surface area (Å²) in [6, 6.07) is 9.92. The van der Waals surface area contributed by atoms with E-state index in [2.05, 4.69) is 0 Å². The summed E-state index contributed by atoms with van der Waals surface area (Å²) >= 11 is 0. The van der Waals surface area contributed by atoms with Gasteiger partial charge in [0.15, 0.2) is 0 Å². The van der Waals surface area contributed by atoms with Gasteiger partial charge in [0.05, 0.1) is 10.5 Å². The fourth-order valence-electron chi connectivity index (χ4n) is 1.91. The number of hydrogen-bond acceptors (Lipinski definition) is 4. The molecule has 0 heterocycles. The highest BCUT2D eigenvalue weighted by Crippen LogP contribution is 2.29. The number of alkyl halides is 3. The summed E-state index contributed by atoms with van der Waals surface area (Å²) in [7, 11) is 0. The molecule has 0 N–H and O–H groups in total. The quantitative estimate of drug-likeness (QED) is 0.347. The largest absolute Gasteiger partial charge is 0.458 e. The molecule has 0 unspecified atom stereocenters. The van der Waals surface area contributed by atoms with E-state index in [1.54, 1.807) is 6.07 Å². The molecular weight excluding hydrogens is 339 g/mol. The molecule has 0 fully saturated rings. The van der Waals surface area contributed by atoms with E-state index in [-0.39, 0.29) is 12.3 Å². The van der Waals surface area contributed by atoms with Crippen molar-refractivity contribution in [2.45, 2.75) is 12.8 Å². The fourth-order valence-corrected chi connectivity index (χ4v) is 1.91. The van der Waals surface area contributed by atoms with Crippen molar-refractivity contribution in [2.24, 2.45) is 0 Å². The SMILES string of the molecule is O=C(C=Cc1ccc(C(F)(F)F)cc1)OCc1cccc([N+](=O)[O-])c1. The first kappa shape index (κ1) is 18.2. The number of carbonyl (C=O) groups excluding carboxylic acids is 1. The Bertz CT molecular complexity index is 798. The zero-order valence-electron chi connectivity index (χ0n) is 12.7. The molecule has 0 aliphatic carbocycles. The molecule has 0 bridgehead atoms. The molecule has 0 aromatic heterocycles. The second-order valence-electron chi connectivity index (χ2n) is 4.99. The number of carbonyl (C=O) groups is 1. The van der Waals surface area contributed by atoms with Crippen LogP contribution in [0.5, 0.6) is 0 Å². The lowest BCUT2D eigenvalue weighted by Crippen LogP contribution is -2.04. The van der Waals surface area contributed by atoms with Crippen molar-refractivity contribution < 1.29 is 27.6 Å². The fraction of sp³-hybridized carbons (Fsp3) is 0.118. The molecule has 0 radical (unpaired) electrons. The molecular formula is C17H12F3NO4. The Labute approximate surface area is 140 Å². The van der Waals surface area contributed by atoms with Crippen LogP contribution in [-0.2, 0) is 22.3 Å². The highest BCUT2D eigenvalue weighted by atomic mass is 19.4. The molecule has 0 aliphatic rings. The minimum absolute atomic E-state index is 0.117. The van der Waals surface area contributed by atoms with E-state index >= 15 is 0 Å². The first-order valence-electron chi connectivity index (χ1n) is 7.01. The van der Waals surface area contributed by atoms with E-state index in [1.165, 1.54) is 36.4 Å². The summed E-state index contributed by atoms with van der Waals surface area (Å²) in [4.78, 5) is 21.7. The van der Waals surface area contributed by atoms with Crippen molar-refractivity contribution in [1.82, 2.24) is 0 Å². The van der Waals surface area contributed by atoms with Crippen LogP contribution in [-0.4, -0.2) is 10.9 Å². The average Bonchev–Trinajstić information content (AvgIpc) is 2.58. The number of esters is 1. The third-order valence-electron chi connectivity index (χ3n) is 3.15. The Morgan fingerprint density at radius 2 is 1.84 bits per heavy atom. The molecule has 130 valence electrons. The number of hydrogen-bond donors (Lipinski definition) is 0. The average molecular weight is 351 g/mol. The van der Waals surface area contributed by atoms with Crippen LogP contribution in [0, 0.1) is 10.1 Å². The van der Waals surface area contributed by atoms with Gasteiger partial charge in [0.2, 0.25) is 0 Å². The smallest absolute Gasteiger partial charge is 0.416 e. The van der Waals surface area contributed by atoms with Gasteiger partial charge in [-0.25, -0.2) is 4.79 Å². The summed E-state index contributed by atoms with van der Waals surface area (Å²) in [6.07, 6.45) is -2.03. The van der Waals surface area contributed by atoms with Gasteiger partial charge < -0.3 is 4.74 Å². The van der Waals surface area contributed by atoms with Gasteiger partial charge in [-0.2, -0.15) is 13.2 Å². The van der Waals surface area contributed by atoms with E-state index in [9.17, 15) is 28.1 Å². The van der Waals surface area contributed by atoms with Crippen molar-refractivity contribution in [2.75, 3.05) is 0 Å². The number of benzene rings is 2. The van der Waals surface area contributed by atoms with Gasteiger partial charge in [0.25, 0.3) is 5.69 Å². The van der Waals surface area contributed by atoms with Crippen molar-refractivity contribution in [3.05, 3.63) is 81.4 Å². The van der Waals surface area contributed by atoms with Gasteiger partial charge in [-0.15, -0.1) is 0 Å². The van der Waals surface area contributed by atoms with Gasteiger partial charge in [0.1, 0.15) is 6.61 Å². The van der Waals surface area contributed by atoms with Gasteiger partial charge >= 0.3 is 12.1 Å². The number of halogens is 3. The highest BCUT2D eigenvalue weighted by Gasteiger charge is 2.29. The van der Waals surface area contributed by atoms with Crippen molar-refractivity contribution in [3.63, 3.8) is 0 Å². The zero-order valence-corrected chi connectivity index (χ0v) is 12.7. The summed E-state index contributed by atoms with van der Waals surface area (Å²) in [6.45, 7) is -0.155. The van der Waals surface area contributed by atoms with Crippen LogP contribution in [0.3, 0.4) is 0 Å². The van der Waals surface area contributed by atoms with Gasteiger partial charge in [-0.05, 0) is 29.3 Å². The van der Waals surface area contributed by atoms with Gasteiger partial charge in [-0.3, -0.25) is 10.1 Å². The van der Waals surface area contributed by atoms with Crippen LogP contribution in [0.1, 0.15) is 16.7 Å². The second-order valence-corrected chi connectivity index (χ2v) is 4.99. The minimum atomic E-state index is -4.42. The van der Waals surface area contributed by atoms with Crippen LogP contribution in [0.4, 0.5) is 18.9 Å². The predicted molar refractivity (Wildman–Crippen MR) is 83.4 cm³/mol. The molecule has 2 aromatic carbocycles. The predicted octanol–water partition coefficient (Wildman–Crippen LogP) is 4.37. The van der Waals surface area contributed by atoms with Gasteiger partial charge in [0, 0.05) is 18.2 Å². The zero-order chi connectivity index (χ0) is 18.4. The maximum Gasteiger partial charge on any atom is 0.416 e. The number of ether oxygens (including phenoxy) is 1. The normalized spacial score (nSPS) is 11.5. The van der Waals surface area contributed by atoms with Crippen LogP contribution in [0.2, 0.25) is 0 Å². The Hall–Kier alpha value is -3.16. The van der Waals surface area contributed by atoms with Crippen LogP contribution < -0.4 is 0 Å². The summed E-state index contributed by atoms with van der Waals surface area (Å²) in [5, 5.41) is 10.7. The standard InChI is InChI=1S/C17H12F3NO4/c18-17(19,20)14-7-4-12(5-8-14)6-9-16(22)25-11-13-2-1-3-15(10-13)21(23)24/h1-10H,11H2. The maximum absolute atomic E-state index is 12.4. The van der Waals surface area contributed by atoms with Crippen molar-refractivity contribution in [1.29, 1.82) is 0 Å². The lowest BCUT2D eigenvalue weighted by Gasteiger charge is -2.06. The summed E-state index contributed by atoms with van der Waals surface area (Å²) in [5.74, 6) is -0.716. The monoisotopic (exact) mass is 351 g/mol. The molecule has 0 saturated heterocycles.